The molecule has 0 unspecified atom stereocenters. The fraction of sp³-hybridized carbons (Fsp3) is 0.500. The molecule has 0 atom stereocenters. The molecule has 0 saturated heterocycles. The predicted octanol–water partition coefficient (Wildman–Crippen LogP) is 6.60. The van der Waals surface area contributed by atoms with Crippen LogP contribution >= 0.6 is 11.6 Å². The number of aromatic hydroxyl groups is 1. The number of carboxylic acids is 1. The number of benzene rings is 2. The Morgan fingerprint density at radius 3 is 2.07 bits per heavy atom. The molecular weight excluding hydrogens is 408 g/mol. The first-order valence-electron chi connectivity index (χ1n) is 9.87. The van der Waals surface area contributed by atoms with Gasteiger partial charge >= 0.3 is 5.97 Å². The van der Waals surface area contributed by atoms with Crippen molar-refractivity contribution in [2.75, 3.05) is 7.11 Å². The van der Waals surface area contributed by atoms with Gasteiger partial charge in [-0.25, -0.2) is 4.79 Å². The highest BCUT2D eigenvalue weighted by molar-refractivity contribution is 6.77. The van der Waals surface area contributed by atoms with E-state index in [2.05, 4.69) is 41.5 Å². The molecule has 0 aliphatic rings. The first kappa shape index (κ1) is 23.5. The molecule has 5 nitrogen and oxygen atoms in total. The number of ether oxygens (including phenoxy) is 1. The molecule has 0 aliphatic heterocycles. The number of hydrogen-bond acceptors (Lipinski definition) is 4. The molecule has 0 aromatic heterocycles. The van der Waals surface area contributed by atoms with E-state index in [1.165, 1.54) is 13.2 Å². The van der Waals surface area contributed by atoms with E-state index in [4.69, 9.17) is 20.8 Å². The highest BCUT2D eigenvalue weighted by atomic mass is 35.5. The molecule has 0 saturated carbocycles. The third kappa shape index (κ3) is 4.11. The molecule has 0 aliphatic carbocycles. The maximum Gasteiger partial charge on any atom is 0.340 e. The summed E-state index contributed by atoms with van der Waals surface area (Å²) in [7, 11) is -0.677. The summed E-state index contributed by atoms with van der Waals surface area (Å²) in [6, 6.07) is 4.63. The summed E-state index contributed by atoms with van der Waals surface area (Å²) in [5, 5.41) is 21.1. The summed E-state index contributed by atoms with van der Waals surface area (Å²) < 4.78 is 12.1. The fourth-order valence-corrected chi connectivity index (χ4v) is 10.4. The Kier molecular flexibility index (Phi) is 7.25. The first-order valence-corrected chi connectivity index (χ1v) is 12.4. The van der Waals surface area contributed by atoms with E-state index in [-0.39, 0.29) is 17.9 Å². The summed E-state index contributed by atoms with van der Waals surface area (Å²) in [6.45, 7) is 13.5. The van der Waals surface area contributed by atoms with Gasteiger partial charge in [0.05, 0.1) is 18.7 Å². The van der Waals surface area contributed by atoms with E-state index in [0.29, 0.717) is 43.7 Å². The third-order valence-corrected chi connectivity index (χ3v) is 12.4. The third-order valence-electron chi connectivity index (χ3n) is 5.91. The zero-order chi connectivity index (χ0) is 22.1. The van der Waals surface area contributed by atoms with Crippen molar-refractivity contribution in [3.8, 4) is 11.5 Å². The Balaban J connectivity index is 2.70. The molecule has 0 fully saturated rings. The van der Waals surface area contributed by atoms with Gasteiger partial charge in [0.25, 0.3) is 0 Å². The molecule has 7 heteroatoms. The van der Waals surface area contributed by atoms with Gasteiger partial charge in [-0.1, -0.05) is 59.2 Å². The molecule has 2 aromatic carbocycles. The van der Waals surface area contributed by atoms with Crippen LogP contribution in [0.15, 0.2) is 18.2 Å². The lowest BCUT2D eigenvalue weighted by Gasteiger charge is -2.42. The van der Waals surface area contributed by atoms with E-state index in [1.807, 2.05) is 0 Å². The molecule has 160 valence electrons. The monoisotopic (exact) mass is 438 g/mol. The van der Waals surface area contributed by atoms with Gasteiger partial charge < -0.3 is 19.4 Å². The zero-order valence-corrected chi connectivity index (χ0v) is 19.9. The molecule has 2 N–H and O–H groups in total. The summed E-state index contributed by atoms with van der Waals surface area (Å²) in [5.41, 5.74) is 1.71. The SMILES string of the molecule is COc1cc2c(C(=O)O)c(O)ccc2c(CO[Si](C(C)C)(C(C)C)C(C)C)c1Cl. The van der Waals surface area contributed by atoms with Crippen molar-refractivity contribution in [3.05, 3.63) is 34.3 Å². The van der Waals surface area contributed by atoms with E-state index < -0.39 is 14.3 Å². The smallest absolute Gasteiger partial charge is 0.340 e. The van der Waals surface area contributed by atoms with Crippen molar-refractivity contribution in [2.24, 2.45) is 0 Å². The average Bonchev–Trinajstić information content (AvgIpc) is 2.61. The molecule has 0 radical (unpaired) electrons. The summed E-state index contributed by atoms with van der Waals surface area (Å²) in [5.74, 6) is -1.15. The topological polar surface area (TPSA) is 76.0 Å². The minimum atomic E-state index is -2.16. The second-order valence-corrected chi connectivity index (χ2v) is 14.2. The van der Waals surface area contributed by atoms with Gasteiger partial charge in [-0.05, 0) is 34.1 Å². The highest BCUT2D eigenvalue weighted by Gasteiger charge is 2.45. The molecule has 0 amide bonds. The van der Waals surface area contributed by atoms with Crippen molar-refractivity contribution >= 4 is 36.7 Å². The molecule has 29 heavy (non-hydrogen) atoms. The van der Waals surface area contributed by atoms with Gasteiger partial charge in [0.15, 0.2) is 0 Å². The van der Waals surface area contributed by atoms with Crippen LogP contribution in [0, 0.1) is 0 Å². The maximum atomic E-state index is 11.8. The Morgan fingerprint density at radius 2 is 1.62 bits per heavy atom. The van der Waals surface area contributed by atoms with E-state index in [9.17, 15) is 15.0 Å². The Bertz CT molecular complexity index is 886. The Hall–Kier alpha value is -1.76. The molecule has 2 rings (SSSR count). The summed E-state index contributed by atoms with van der Waals surface area (Å²) in [6.07, 6.45) is 0. The largest absolute Gasteiger partial charge is 0.507 e. The average molecular weight is 439 g/mol. The van der Waals surface area contributed by atoms with Gasteiger partial charge in [-0.3, -0.25) is 0 Å². The molecular formula is C22H31ClO5Si. The number of phenols is 1. The van der Waals surface area contributed by atoms with Crippen LogP contribution in [0.3, 0.4) is 0 Å². The van der Waals surface area contributed by atoms with Crippen molar-refractivity contribution in [2.45, 2.75) is 64.8 Å². The standard InChI is InChI=1S/C22H31ClO5Si/c1-12(2)29(13(3)4,14(5)6)28-11-17-15-8-9-18(24)20(22(25)26)16(15)10-19(27-7)21(17)23/h8-10,12-14,24H,11H2,1-7H3,(H,25,26). The molecule has 0 bridgehead atoms. The van der Waals surface area contributed by atoms with Gasteiger partial charge in [-0.2, -0.15) is 0 Å². The minimum Gasteiger partial charge on any atom is -0.507 e. The molecule has 2 aromatic rings. The van der Waals surface area contributed by atoms with Crippen LogP contribution in [0.4, 0.5) is 0 Å². The fourth-order valence-electron chi connectivity index (χ4n) is 4.69. The summed E-state index contributed by atoms with van der Waals surface area (Å²) >= 11 is 6.63. The quantitative estimate of drug-likeness (QED) is 0.454. The predicted molar refractivity (Wildman–Crippen MR) is 120 cm³/mol. The Labute approximate surface area is 178 Å². The number of aromatic carboxylic acids is 1. The number of fused-ring (bicyclic) bond motifs is 1. The van der Waals surface area contributed by atoms with Crippen LogP contribution < -0.4 is 4.74 Å². The van der Waals surface area contributed by atoms with Gasteiger partial charge in [-0.15, -0.1) is 0 Å². The minimum absolute atomic E-state index is 0.168. The van der Waals surface area contributed by atoms with Crippen LogP contribution in [-0.2, 0) is 11.0 Å². The Morgan fingerprint density at radius 1 is 1.07 bits per heavy atom. The van der Waals surface area contributed by atoms with Crippen molar-refractivity contribution in [1.82, 2.24) is 0 Å². The molecule has 0 heterocycles. The van der Waals surface area contributed by atoms with Crippen LogP contribution in [0.2, 0.25) is 21.6 Å². The zero-order valence-electron chi connectivity index (χ0n) is 18.2. The van der Waals surface area contributed by atoms with Crippen LogP contribution in [0.25, 0.3) is 10.8 Å². The number of methoxy groups -OCH3 is 1. The lowest BCUT2D eigenvalue weighted by atomic mass is 9.99. The van der Waals surface area contributed by atoms with Crippen molar-refractivity contribution in [3.63, 3.8) is 0 Å². The summed E-state index contributed by atoms with van der Waals surface area (Å²) in [4.78, 5) is 11.8. The number of halogens is 1. The van der Waals surface area contributed by atoms with Crippen molar-refractivity contribution < 1.29 is 24.2 Å². The number of carboxylic acid groups (broad SMARTS) is 1. The lowest BCUT2D eigenvalue weighted by Crippen LogP contribution is -2.47. The highest BCUT2D eigenvalue weighted by Crippen LogP contribution is 2.45. The van der Waals surface area contributed by atoms with Gasteiger partial charge in [0, 0.05) is 10.9 Å². The molecule has 0 spiro atoms. The number of carbonyl (C=O) groups is 1. The maximum absolute atomic E-state index is 11.8. The second kappa shape index (κ2) is 8.94. The van der Waals surface area contributed by atoms with E-state index in [1.54, 1.807) is 12.1 Å². The van der Waals surface area contributed by atoms with Gasteiger partial charge in [0.2, 0.25) is 8.32 Å². The van der Waals surface area contributed by atoms with Crippen LogP contribution in [0.1, 0.15) is 57.5 Å². The van der Waals surface area contributed by atoms with E-state index >= 15 is 0 Å². The van der Waals surface area contributed by atoms with Crippen LogP contribution in [0.5, 0.6) is 11.5 Å². The second-order valence-electron chi connectivity index (χ2n) is 8.34. The van der Waals surface area contributed by atoms with Crippen molar-refractivity contribution in [1.29, 1.82) is 0 Å². The number of hydrogen-bond donors (Lipinski definition) is 2. The number of rotatable bonds is 8. The normalized spacial score (nSPS) is 12.4. The van der Waals surface area contributed by atoms with E-state index in [0.717, 1.165) is 0 Å². The first-order chi connectivity index (χ1) is 13.5. The van der Waals surface area contributed by atoms with Gasteiger partial charge in [0.1, 0.15) is 17.1 Å². The lowest BCUT2D eigenvalue weighted by molar-refractivity contribution is 0.0696. The van der Waals surface area contributed by atoms with Crippen LogP contribution in [-0.4, -0.2) is 31.6 Å².